The summed E-state index contributed by atoms with van der Waals surface area (Å²) in [4.78, 5) is 20.6. The Labute approximate surface area is 128 Å². The first-order valence-electron chi connectivity index (χ1n) is 4.23. The number of carbonyl (C=O) groups is 2. The van der Waals surface area contributed by atoms with Gasteiger partial charge < -0.3 is 10.2 Å². The first-order chi connectivity index (χ1) is 7.11. The van der Waals surface area contributed by atoms with Gasteiger partial charge in [-0.25, -0.2) is 0 Å². The van der Waals surface area contributed by atoms with Crippen molar-refractivity contribution in [3.8, 4) is 0 Å². The molecule has 0 saturated carbocycles. The largest absolute Gasteiger partial charge is 0.511 e. The van der Waals surface area contributed by atoms with E-state index in [9.17, 15) is 9.59 Å². The monoisotopic (exact) mass is 419 g/mol. The first kappa shape index (κ1) is 22.1. The summed E-state index contributed by atoms with van der Waals surface area (Å²) in [5.41, 5.74) is 0. The standard InChI is InChI=1S/2C5H7BrO2.Cu/c2*1-3(7)5(6)4(2)8;/h2*7H,1-2H3;/b2*5-3+;. The van der Waals surface area contributed by atoms with Gasteiger partial charge in [-0.05, 0) is 59.6 Å². The van der Waals surface area contributed by atoms with Crippen molar-refractivity contribution < 1.29 is 36.9 Å². The smallest absolute Gasteiger partial charge is 0.170 e. The minimum Gasteiger partial charge on any atom is -0.511 e. The predicted molar refractivity (Wildman–Crippen MR) is 69.9 cm³/mol. The predicted octanol–water partition coefficient (Wildman–Crippen LogP) is 3.52. The van der Waals surface area contributed by atoms with Crippen molar-refractivity contribution in [2.45, 2.75) is 27.7 Å². The van der Waals surface area contributed by atoms with Crippen LogP contribution in [0.2, 0.25) is 0 Å². The Bertz CT molecular complexity index is 306. The molecule has 7 heteroatoms. The third kappa shape index (κ3) is 12.2. The van der Waals surface area contributed by atoms with Crippen molar-refractivity contribution in [3.05, 3.63) is 20.5 Å². The molecule has 0 spiro atoms. The molecule has 2 N–H and O–H groups in total. The van der Waals surface area contributed by atoms with Gasteiger partial charge in [0.2, 0.25) is 0 Å². The molecular formula is C10H14Br2CuO4. The molecule has 0 aliphatic heterocycles. The van der Waals surface area contributed by atoms with Crippen LogP contribution in [0.25, 0.3) is 0 Å². The number of rotatable bonds is 2. The normalized spacial score (nSPS) is 12.1. The van der Waals surface area contributed by atoms with Gasteiger partial charge in [-0.1, -0.05) is 0 Å². The van der Waals surface area contributed by atoms with E-state index in [4.69, 9.17) is 10.2 Å². The average molecular weight is 422 g/mol. The molecule has 0 heterocycles. The minimum atomic E-state index is -0.162. The second-order valence-electron chi connectivity index (χ2n) is 2.91. The summed E-state index contributed by atoms with van der Waals surface area (Å²) < 4.78 is 0.495. The third-order valence-corrected chi connectivity index (χ3v) is 3.52. The molecule has 0 aromatic heterocycles. The number of carbonyl (C=O) groups excluding carboxylic acids is 2. The molecule has 0 bridgehead atoms. The van der Waals surface area contributed by atoms with Crippen molar-refractivity contribution in [3.63, 3.8) is 0 Å². The van der Waals surface area contributed by atoms with Gasteiger partial charge >= 0.3 is 0 Å². The number of Topliss-reactive ketones (excluding diaryl/α,β-unsaturated/α-hetero) is 2. The molecule has 0 fully saturated rings. The van der Waals surface area contributed by atoms with Crippen LogP contribution in [0.5, 0.6) is 0 Å². The number of ketones is 2. The fourth-order valence-electron chi connectivity index (χ4n) is 0.510. The van der Waals surface area contributed by atoms with Crippen LogP contribution < -0.4 is 0 Å². The van der Waals surface area contributed by atoms with Gasteiger partial charge in [-0.3, -0.25) is 9.59 Å². The Hall–Kier alpha value is -0.101. The number of aliphatic hydroxyl groups is 2. The van der Waals surface area contributed by atoms with E-state index < -0.39 is 0 Å². The van der Waals surface area contributed by atoms with Crippen molar-refractivity contribution in [2.75, 3.05) is 0 Å². The van der Waals surface area contributed by atoms with Crippen molar-refractivity contribution >= 4 is 43.4 Å². The molecule has 0 aromatic rings. The zero-order valence-electron chi connectivity index (χ0n) is 9.77. The van der Waals surface area contributed by atoms with E-state index in [0.717, 1.165) is 0 Å². The molecule has 17 heavy (non-hydrogen) atoms. The Balaban J connectivity index is -0.000000218. The quantitative estimate of drug-likeness (QED) is 0.406. The van der Waals surface area contributed by atoms with Crippen molar-refractivity contribution in [2.24, 2.45) is 0 Å². The Kier molecular flexibility index (Phi) is 14.3. The van der Waals surface area contributed by atoms with Gasteiger partial charge in [0.1, 0.15) is 11.5 Å². The van der Waals surface area contributed by atoms with Crippen LogP contribution in [-0.4, -0.2) is 21.8 Å². The molecule has 0 rings (SSSR count). The zero-order valence-corrected chi connectivity index (χ0v) is 13.9. The molecular weight excluding hydrogens is 407 g/mol. The Morgan fingerprint density at radius 3 is 0.941 bits per heavy atom. The van der Waals surface area contributed by atoms with Gasteiger partial charge in [0.15, 0.2) is 11.6 Å². The molecule has 0 atom stereocenters. The van der Waals surface area contributed by atoms with Gasteiger partial charge in [0.05, 0.1) is 8.96 Å². The van der Waals surface area contributed by atoms with Gasteiger partial charge in [-0.15, -0.1) is 0 Å². The van der Waals surface area contributed by atoms with E-state index in [1.807, 2.05) is 0 Å². The third-order valence-electron chi connectivity index (χ3n) is 1.25. The Morgan fingerprint density at radius 2 is 0.941 bits per heavy atom. The number of hydrogen-bond donors (Lipinski definition) is 2. The summed E-state index contributed by atoms with van der Waals surface area (Å²) in [7, 11) is 0. The number of hydrogen-bond acceptors (Lipinski definition) is 4. The van der Waals surface area contributed by atoms with Crippen molar-refractivity contribution in [1.82, 2.24) is 0 Å². The summed E-state index contributed by atoms with van der Waals surface area (Å²) in [5.74, 6) is -0.273. The van der Waals surface area contributed by atoms with Crippen LogP contribution in [0.3, 0.4) is 0 Å². The SMILES string of the molecule is CC(=O)/C(Br)=C(/C)O.CC(=O)/C(Br)=C(/C)O.[Cu]. The summed E-state index contributed by atoms with van der Waals surface area (Å²) in [6.45, 7) is 5.66. The summed E-state index contributed by atoms with van der Waals surface area (Å²) in [5, 5.41) is 17.2. The van der Waals surface area contributed by atoms with E-state index >= 15 is 0 Å². The van der Waals surface area contributed by atoms with Crippen LogP contribution >= 0.6 is 31.9 Å². The fourth-order valence-corrected chi connectivity index (χ4v) is 0.510. The van der Waals surface area contributed by atoms with Gasteiger partial charge in [0, 0.05) is 17.1 Å². The Morgan fingerprint density at radius 1 is 0.765 bits per heavy atom. The van der Waals surface area contributed by atoms with Gasteiger partial charge in [0.25, 0.3) is 0 Å². The molecule has 1 radical (unpaired) electrons. The molecule has 0 aliphatic carbocycles. The van der Waals surface area contributed by atoms with Crippen LogP contribution in [0.4, 0.5) is 0 Å². The van der Waals surface area contributed by atoms with Crippen LogP contribution in [0.15, 0.2) is 20.5 Å². The van der Waals surface area contributed by atoms with E-state index in [-0.39, 0.29) is 49.1 Å². The number of aliphatic hydroxyl groups excluding tert-OH is 2. The van der Waals surface area contributed by atoms with E-state index in [0.29, 0.717) is 0 Å². The second-order valence-corrected chi connectivity index (χ2v) is 4.50. The molecule has 0 saturated heterocycles. The minimum absolute atomic E-state index is 0. The van der Waals surface area contributed by atoms with Crippen LogP contribution in [0.1, 0.15) is 27.7 Å². The van der Waals surface area contributed by atoms with Crippen molar-refractivity contribution in [1.29, 1.82) is 0 Å². The van der Waals surface area contributed by atoms with E-state index in [1.54, 1.807) is 0 Å². The maximum absolute atomic E-state index is 10.3. The number of halogens is 2. The zero-order chi connectivity index (χ0) is 13.5. The molecule has 0 aromatic carbocycles. The average Bonchev–Trinajstić information content (AvgIpc) is 2.15. The molecule has 4 nitrogen and oxygen atoms in total. The maximum Gasteiger partial charge on any atom is 0.170 e. The topological polar surface area (TPSA) is 74.6 Å². The van der Waals surface area contributed by atoms with Crippen LogP contribution in [0, 0.1) is 0 Å². The molecule has 0 unspecified atom stereocenters. The maximum atomic E-state index is 10.3. The summed E-state index contributed by atoms with van der Waals surface area (Å²) >= 11 is 5.77. The van der Waals surface area contributed by atoms with E-state index in [1.165, 1.54) is 27.7 Å². The molecule has 0 aliphatic rings. The number of allylic oxidation sites excluding steroid dienone is 4. The van der Waals surface area contributed by atoms with Gasteiger partial charge in [-0.2, -0.15) is 0 Å². The summed E-state index contributed by atoms with van der Waals surface area (Å²) in [6.07, 6.45) is 0. The molecule has 0 amide bonds. The van der Waals surface area contributed by atoms with Crippen LogP contribution in [-0.2, 0) is 26.7 Å². The summed E-state index contributed by atoms with van der Waals surface area (Å²) in [6, 6.07) is 0. The molecule has 103 valence electrons. The first-order valence-corrected chi connectivity index (χ1v) is 5.82. The van der Waals surface area contributed by atoms with E-state index in [2.05, 4.69) is 31.9 Å². The second kappa shape index (κ2) is 11.0. The fraction of sp³-hybridized carbons (Fsp3) is 0.400.